The Bertz CT molecular complexity index is 581. The second kappa shape index (κ2) is 9.52. The molecule has 0 saturated carbocycles. The number of carbonyl (C=O) groups excluding carboxylic acids is 1. The quantitative estimate of drug-likeness (QED) is 0.356. The summed E-state index contributed by atoms with van der Waals surface area (Å²) in [6.07, 6.45) is 1.38. The second-order valence-corrected chi connectivity index (χ2v) is 6.83. The van der Waals surface area contributed by atoms with Crippen LogP contribution in [0.2, 0.25) is 0 Å². The molecule has 1 aliphatic rings. The highest BCUT2D eigenvalue weighted by Crippen LogP contribution is 2.20. The molecule has 2 N–H and O–H groups in total. The van der Waals surface area contributed by atoms with E-state index in [0.717, 1.165) is 18.9 Å². The monoisotopic (exact) mass is 352 g/mol. The summed E-state index contributed by atoms with van der Waals surface area (Å²) in [7, 11) is 1.82. The van der Waals surface area contributed by atoms with Crippen LogP contribution in [0.3, 0.4) is 0 Å². The van der Waals surface area contributed by atoms with E-state index in [4.69, 9.17) is 0 Å². The molecule has 5 nitrogen and oxygen atoms in total. The van der Waals surface area contributed by atoms with Crippen LogP contribution in [0.15, 0.2) is 34.2 Å². The van der Waals surface area contributed by atoms with E-state index in [1.54, 1.807) is 17.0 Å². The normalized spacial score (nSPS) is 18.6. The summed E-state index contributed by atoms with van der Waals surface area (Å²) in [5.41, 5.74) is 0. The van der Waals surface area contributed by atoms with Crippen molar-refractivity contribution in [2.45, 2.75) is 30.7 Å². The van der Waals surface area contributed by atoms with Gasteiger partial charge in [-0.05, 0) is 25.5 Å². The van der Waals surface area contributed by atoms with Crippen molar-refractivity contribution in [2.24, 2.45) is 4.99 Å². The van der Waals surface area contributed by atoms with Gasteiger partial charge in [0.05, 0.1) is 6.54 Å². The smallest absolute Gasteiger partial charge is 0.222 e. The molecule has 1 fully saturated rings. The topological polar surface area (TPSA) is 56.7 Å². The number of guanidine groups is 1. The van der Waals surface area contributed by atoms with Gasteiger partial charge < -0.3 is 15.5 Å². The number of nitrogens with one attached hydrogen (secondary N) is 2. The minimum atomic E-state index is -0.188. The first-order valence-corrected chi connectivity index (χ1v) is 9.25. The molecular weight excluding hydrogens is 327 g/mol. The Kier molecular flexibility index (Phi) is 7.36. The van der Waals surface area contributed by atoms with E-state index in [2.05, 4.69) is 15.6 Å². The summed E-state index contributed by atoms with van der Waals surface area (Å²) in [6, 6.07) is 6.99. The number of nitrogens with zero attached hydrogens (tertiary/aromatic N) is 2. The standard InChI is InChI=1S/C17H25FN4OS/c1-3-19-17(21-13-8-9-16(23)22(2)12-13)20-10-11-24-15-7-5-4-6-14(15)18/h4-7,13H,3,8-12H2,1-2H3,(H2,19,20,21). The highest BCUT2D eigenvalue weighted by atomic mass is 32.2. The molecule has 24 heavy (non-hydrogen) atoms. The first-order chi connectivity index (χ1) is 11.6. The molecule has 1 aromatic carbocycles. The predicted molar refractivity (Wildman–Crippen MR) is 96.9 cm³/mol. The first kappa shape index (κ1) is 18.6. The third kappa shape index (κ3) is 5.70. The zero-order chi connectivity index (χ0) is 17.4. The van der Waals surface area contributed by atoms with Crippen LogP contribution in [0.1, 0.15) is 19.8 Å². The maximum Gasteiger partial charge on any atom is 0.222 e. The number of benzene rings is 1. The Hall–Kier alpha value is -1.76. The van der Waals surface area contributed by atoms with Crippen LogP contribution >= 0.6 is 11.8 Å². The lowest BCUT2D eigenvalue weighted by molar-refractivity contribution is -0.132. The van der Waals surface area contributed by atoms with Crippen molar-refractivity contribution in [2.75, 3.05) is 32.4 Å². The molecule has 1 aromatic rings. The van der Waals surface area contributed by atoms with Crippen molar-refractivity contribution in [3.8, 4) is 0 Å². The van der Waals surface area contributed by atoms with Crippen LogP contribution in [0.5, 0.6) is 0 Å². The minimum Gasteiger partial charge on any atom is -0.357 e. The fourth-order valence-electron chi connectivity index (χ4n) is 2.52. The van der Waals surface area contributed by atoms with E-state index in [0.29, 0.717) is 30.2 Å². The molecule has 1 saturated heterocycles. The van der Waals surface area contributed by atoms with Crippen LogP contribution in [0.25, 0.3) is 0 Å². The number of aliphatic imine (C=N–C) groups is 1. The molecule has 132 valence electrons. The van der Waals surface area contributed by atoms with Gasteiger partial charge in [-0.1, -0.05) is 12.1 Å². The van der Waals surface area contributed by atoms with E-state index in [-0.39, 0.29) is 17.8 Å². The molecule has 0 aliphatic carbocycles. The van der Waals surface area contributed by atoms with Crippen molar-refractivity contribution in [3.63, 3.8) is 0 Å². The lowest BCUT2D eigenvalue weighted by Crippen LogP contribution is -2.51. The number of likely N-dealkylation sites (N-methyl/N-ethyl adjacent to an activating group) is 1. The maximum absolute atomic E-state index is 13.6. The van der Waals surface area contributed by atoms with Crippen molar-refractivity contribution >= 4 is 23.6 Å². The molecule has 1 aliphatic heterocycles. The largest absolute Gasteiger partial charge is 0.357 e. The van der Waals surface area contributed by atoms with Crippen molar-refractivity contribution in [1.82, 2.24) is 15.5 Å². The third-order valence-corrected chi connectivity index (χ3v) is 4.80. The molecule has 0 spiro atoms. The van der Waals surface area contributed by atoms with Gasteiger partial charge in [0.15, 0.2) is 5.96 Å². The summed E-state index contributed by atoms with van der Waals surface area (Å²) in [5.74, 6) is 1.46. The Balaban J connectivity index is 1.82. The van der Waals surface area contributed by atoms with Crippen LogP contribution in [-0.2, 0) is 4.79 Å². The van der Waals surface area contributed by atoms with Gasteiger partial charge in [0.2, 0.25) is 5.91 Å². The Morgan fingerprint density at radius 1 is 1.46 bits per heavy atom. The zero-order valence-corrected chi connectivity index (χ0v) is 15.0. The molecule has 0 bridgehead atoms. The van der Waals surface area contributed by atoms with Gasteiger partial charge in [-0.25, -0.2) is 4.39 Å². The van der Waals surface area contributed by atoms with E-state index >= 15 is 0 Å². The molecule has 0 radical (unpaired) electrons. The van der Waals surface area contributed by atoms with Crippen LogP contribution in [0.4, 0.5) is 4.39 Å². The highest BCUT2D eigenvalue weighted by Gasteiger charge is 2.23. The van der Waals surface area contributed by atoms with E-state index in [1.165, 1.54) is 17.8 Å². The van der Waals surface area contributed by atoms with E-state index < -0.39 is 0 Å². The molecule has 2 rings (SSSR count). The Morgan fingerprint density at radius 2 is 2.25 bits per heavy atom. The number of amides is 1. The summed E-state index contributed by atoms with van der Waals surface area (Å²) < 4.78 is 13.6. The summed E-state index contributed by atoms with van der Waals surface area (Å²) in [6.45, 7) is 4.07. The molecule has 0 aromatic heterocycles. The van der Waals surface area contributed by atoms with Crippen LogP contribution in [-0.4, -0.2) is 55.2 Å². The van der Waals surface area contributed by atoms with Crippen LogP contribution < -0.4 is 10.6 Å². The SMILES string of the molecule is CCNC(=NCCSc1ccccc1F)NC1CCC(=O)N(C)C1. The number of thioether (sulfide) groups is 1. The molecule has 1 atom stereocenters. The fraction of sp³-hybridized carbons (Fsp3) is 0.529. The van der Waals surface area contributed by atoms with Crippen molar-refractivity contribution < 1.29 is 9.18 Å². The number of likely N-dealkylation sites (tertiary alicyclic amines) is 1. The maximum atomic E-state index is 13.6. The van der Waals surface area contributed by atoms with Gasteiger partial charge in [0, 0.05) is 43.2 Å². The summed E-state index contributed by atoms with van der Waals surface area (Å²) in [4.78, 5) is 18.5. The molecule has 7 heteroatoms. The summed E-state index contributed by atoms with van der Waals surface area (Å²) in [5, 5.41) is 6.60. The molecular formula is C17H25FN4OS. The number of halogens is 1. The van der Waals surface area contributed by atoms with E-state index in [1.807, 2.05) is 20.0 Å². The Labute approximate surface area is 147 Å². The van der Waals surface area contributed by atoms with Crippen molar-refractivity contribution in [3.05, 3.63) is 30.1 Å². The lowest BCUT2D eigenvalue weighted by Gasteiger charge is -2.31. The molecule has 1 heterocycles. The number of carbonyl (C=O) groups is 1. The number of rotatable bonds is 6. The number of hydrogen-bond donors (Lipinski definition) is 2. The molecule has 1 amide bonds. The predicted octanol–water partition coefficient (Wildman–Crippen LogP) is 2.09. The van der Waals surface area contributed by atoms with Crippen LogP contribution in [0, 0.1) is 5.82 Å². The third-order valence-electron chi connectivity index (χ3n) is 3.77. The fourth-order valence-corrected chi connectivity index (χ4v) is 3.30. The number of hydrogen-bond acceptors (Lipinski definition) is 3. The van der Waals surface area contributed by atoms with E-state index in [9.17, 15) is 9.18 Å². The Morgan fingerprint density at radius 3 is 2.96 bits per heavy atom. The first-order valence-electron chi connectivity index (χ1n) is 8.26. The molecule has 1 unspecified atom stereocenters. The average molecular weight is 352 g/mol. The summed E-state index contributed by atoms with van der Waals surface area (Å²) >= 11 is 1.46. The second-order valence-electron chi connectivity index (χ2n) is 5.69. The van der Waals surface area contributed by atoms with Gasteiger partial charge in [0.25, 0.3) is 0 Å². The lowest BCUT2D eigenvalue weighted by atomic mass is 10.1. The minimum absolute atomic E-state index is 0.188. The average Bonchev–Trinajstić information content (AvgIpc) is 2.56. The van der Waals surface area contributed by atoms with Gasteiger partial charge in [-0.15, -0.1) is 11.8 Å². The van der Waals surface area contributed by atoms with Gasteiger partial charge in [-0.2, -0.15) is 0 Å². The number of piperidine rings is 1. The van der Waals surface area contributed by atoms with Gasteiger partial charge in [-0.3, -0.25) is 9.79 Å². The van der Waals surface area contributed by atoms with Gasteiger partial charge in [0.1, 0.15) is 5.82 Å². The zero-order valence-electron chi connectivity index (χ0n) is 14.2. The highest BCUT2D eigenvalue weighted by molar-refractivity contribution is 7.99. The van der Waals surface area contributed by atoms with Gasteiger partial charge >= 0.3 is 0 Å². The van der Waals surface area contributed by atoms with Crippen molar-refractivity contribution in [1.29, 1.82) is 0 Å².